The maximum absolute atomic E-state index is 12.6. The van der Waals surface area contributed by atoms with Gasteiger partial charge in [-0.15, -0.1) is 0 Å². The standard InChI is InChI=1S/C18H19F2N3O2/c1-22-11-10-21-16(22)12-23(14-7-8-14)17(24)9-6-13-4-2-3-5-15(13)25-18(19)20/h2-6,9-11,14,18H,7-8,12H2,1H3. The molecule has 0 bridgehead atoms. The molecule has 1 fully saturated rings. The van der Waals surface area contributed by atoms with E-state index >= 15 is 0 Å². The van der Waals surface area contributed by atoms with E-state index < -0.39 is 6.61 Å². The molecule has 1 aliphatic carbocycles. The predicted molar refractivity (Wildman–Crippen MR) is 88.9 cm³/mol. The van der Waals surface area contributed by atoms with Crippen molar-refractivity contribution in [2.24, 2.45) is 7.05 Å². The number of para-hydroxylation sites is 1. The third-order valence-electron chi connectivity index (χ3n) is 4.04. The lowest BCUT2D eigenvalue weighted by molar-refractivity contribution is -0.127. The smallest absolute Gasteiger partial charge is 0.387 e. The van der Waals surface area contributed by atoms with Crippen LogP contribution in [0.25, 0.3) is 6.08 Å². The Labute approximate surface area is 144 Å². The van der Waals surface area contributed by atoms with Gasteiger partial charge in [-0.05, 0) is 25.0 Å². The maximum atomic E-state index is 12.6. The van der Waals surface area contributed by atoms with Crippen molar-refractivity contribution in [1.29, 1.82) is 0 Å². The highest BCUT2D eigenvalue weighted by Crippen LogP contribution is 2.29. The fourth-order valence-electron chi connectivity index (χ4n) is 2.55. The molecule has 5 nitrogen and oxygen atoms in total. The quantitative estimate of drug-likeness (QED) is 0.723. The summed E-state index contributed by atoms with van der Waals surface area (Å²) in [4.78, 5) is 18.6. The van der Waals surface area contributed by atoms with Crippen LogP contribution in [0.2, 0.25) is 0 Å². The molecule has 0 N–H and O–H groups in total. The van der Waals surface area contributed by atoms with E-state index in [4.69, 9.17) is 0 Å². The van der Waals surface area contributed by atoms with E-state index in [0.29, 0.717) is 12.1 Å². The first-order valence-corrected chi connectivity index (χ1v) is 8.03. The fraction of sp³-hybridized carbons (Fsp3) is 0.333. The largest absolute Gasteiger partial charge is 0.434 e. The summed E-state index contributed by atoms with van der Waals surface area (Å²) in [6.45, 7) is -2.48. The Bertz CT molecular complexity index is 769. The number of aryl methyl sites for hydroxylation is 1. The van der Waals surface area contributed by atoms with Crippen LogP contribution in [0.1, 0.15) is 24.2 Å². The van der Waals surface area contributed by atoms with Crippen LogP contribution in [0.15, 0.2) is 42.7 Å². The van der Waals surface area contributed by atoms with Crippen molar-refractivity contribution in [3.63, 3.8) is 0 Å². The zero-order valence-electron chi connectivity index (χ0n) is 13.8. The van der Waals surface area contributed by atoms with Gasteiger partial charge in [0.2, 0.25) is 5.91 Å². The van der Waals surface area contributed by atoms with E-state index in [2.05, 4.69) is 9.72 Å². The van der Waals surface area contributed by atoms with Crippen LogP contribution in [0.4, 0.5) is 8.78 Å². The minimum absolute atomic E-state index is 0.0450. The molecular formula is C18H19F2N3O2. The van der Waals surface area contributed by atoms with Crippen molar-refractivity contribution in [3.05, 3.63) is 54.1 Å². The Morgan fingerprint density at radius 3 is 2.84 bits per heavy atom. The number of nitrogens with zero attached hydrogens (tertiary/aromatic N) is 3. The summed E-state index contributed by atoms with van der Waals surface area (Å²) >= 11 is 0. The SMILES string of the molecule is Cn1ccnc1CN(C(=O)C=Cc1ccccc1OC(F)F)C1CC1. The number of benzene rings is 1. The summed E-state index contributed by atoms with van der Waals surface area (Å²) in [6, 6.07) is 6.59. The van der Waals surface area contributed by atoms with Crippen LogP contribution in [-0.2, 0) is 18.4 Å². The number of carbonyl (C=O) groups is 1. The normalized spacial score (nSPS) is 14.2. The summed E-state index contributed by atoms with van der Waals surface area (Å²) in [5.41, 5.74) is 0.434. The van der Waals surface area contributed by atoms with Crippen LogP contribution in [-0.4, -0.2) is 33.0 Å². The molecule has 1 aromatic carbocycles. The van der Waals surface area contributed by atoms with E-state index in [-0.39, 0.29) is 17.7 Å². The van der Waals surface area contributed by atoms with Crippen molar-refractivity contribution in [1.82, 2.24) is 14.5 Å². The van der Waals surface area contributed by atoms with Crippen molar-refractivity contribution in [2.45, 2.75) is 32.0 Å². The highest BCUT2D eigenvalue weighted by molar-refractivity contribution is 5.92. The van der Waals surface area contributed by atoms with E-state index in [9.17, 15) is 13.6 Å². The molecule has 0 unspecified atom stereocenters. The van der Waals surface area contributed by atoms with Gasteiger partial charge in [-0.3, -0.25) is 4.79 Å². The first-order valence-electron chi connectivity index (χ1n) is 8.03. The maximum Gasteiger partial charge on any atom is 0.387 e. The van der Waals surface area contributed by atoms with Crippen molar-refractivity contribution in [3.8, 4) is 5.75 Å². The number of hydrogen-bond donors (Lipinski definition) is 0. The van der Waals surface area contributed by atoms with Crippen LogP contribution < -0.4 is 4.74 Å². The molecule has 0 aliphatic heterocycles. The van der Waals surface area contributed by atoms with E-state index in [0.717, 1.165) is 18.7 Å². The number of hydrogen-bond acceptors (Lipinski definition) is 3. The number of ether oxygens (including phenoxy) is 1. The molecule has 132 valence electrons. The summed E-state index contributed by atoms with van der Waals surface area (Å²) < 4.78 is 31.3. The minimum atomic E-state index is -2.91. The predicted octanol–water partition coefficient (Wildman–Crippen LogP) is 3.23. The summed E-state index contributed by atoms with van der Waals surface area (Å²) in [7, 11) is 1.88. The van der Waals surface area contributed by atoms with Crippen molar-refractivity contribution >= 4 is 12.0 Å². The molecule has 1 aromatic heterocycles. The number of halogens is 2. The topological polar surface area (TPSA) is 47.4 Å². The number of rotatable bonds is 7. The third-order valence-corrected chi connectivity index (χ3v) is 4.04. The average Bonchev–Trinajstić information content (AvgIpc) is 3.34. The lowest BCUT2D eigenvalue weighted by Crippen LogP contribution is -2.32. The van der Waals surface area contributed by atoms with Gasteiger partial charge in [-0.2, -0.15) is 8.78 Å². The second kappa shape index (κ2) is 7.46. The fourth-order valence-corrected chi connectivity index (χ4v) is 2.55. The van der Waals surface area contributed by atoms with Gasteiger partial charge in [0.25, 0.3) is 0 Å². The van der Waals surface area contributed by atoms with Gasteiger partial charge in [0.1, 0.15) is 11.6 Å². The number of carbonyl (C=O) groups excluding carboxylic acids is 1. The number of imidazole rings is 1. The van der Waals surface area contributed by atoms with Gasteiger partial charge in [-0.25, -0.2) is 4.98 Å². The third kappa shape index (κ3) is 4.43. The van der Waals surface area contributed by atoms with Gasteiger partial charge >= 0.3 is 6.61 Å². The molecule has 25 heavy (non-hydrogen) atoms. The van der Waals surface area contributed by atoms with E-state index in [1.54, 1.807) is 29.3 Å². The van der Waals surface area contributed by atoms with Crippen molar-refractivity contribution in [2.75, 3.05) is 0 Å². The molecule has 1 amide bonds. The lowest BCUT2D eigenvalue weighted by atomic mass is 10.2. The van der Waals surface area contributed by atoms with Gasteiger partial charge in [0, 0.05) is 37.1 Å². The van der Waals surface area contributed by atoms with Gasteiger partial charge in [0.05, 0.1) is 6.54 Å². The Hall–Kier alpha value is -2.70. The monoisotopic (exact) mass is 347 g/mol. The molecule has 0 spiro atoms. The molecule has 1 saturated carbocycles. The Balaban J connectivity index is 1.73. The highest BCUT2D eigenvalue weighted by Gasteiger charge is 2.32. The molecule has 0 saturated heterocycles. The number of aromatic nitrogens is 2. The number of amides is 1. The zero-order chi connectivity index (χ0) is 17.8. The van der Waals surface area contributed by atoms with Crippen molar-refractivity contribution < 1.29 is 18.3 Å². The Kier molecular flexibility index (Phi) is 5.11. The van der Waals surface area contributed by atoms with Crippen LogP contribution in [0.5, 0.6) is 5.75 Å². The zero-order valence-corrected chi connectivity index (χ0v) is 13.8. The first-order chi connectivity index (χ1) is 12.0. The van der Waals surface area contributed by atoms with Gasteiger partial charge in [-0.1, -0.05) is 18.2 Å². The van der Waals surface area contributed by atoms with Gasteiger partial charge in [0.15, 0.2) is 0 Å². The molecule has 1 heterocycles. The average molecular weight is 347 g/mol. The lowest BCUT2D eigenvalue weighted by Gasteiger charge is -2.20. The van der Waals surface area contributed by atoms with Crippen LogP contribution >= 0.6 is 0 Å². The highest BCUT2D eigenvalue weighted by atomic mass is 19.3. The molecule has 7 heteroatoms. The van der Waals surface area contributed by atoms with Crippen LogP contribution in [0, 0.1) is 0 Å². The second-order valence-electron chi connectivity index (χ2n) is 5.90. The Morgan fingerprint density at radius 2 is 2.20 bits per heavy atom. The van der Waals surface area contributed by atoms with Gasteiger partial charge < -0.3 is 14.2 Å². The minimum Gasteiger partial charge on any atom is -0.434 e. The first kappa shape index (κ1) is 17.1. The molecule has 1 aliphatic rings. The summed E-state index contributed by atoms with van der Waals surface area (Å²) in [6.07, 6.45) is 8.37. The molecular weight excluding hydrogens is 328 g/mol. The Morgan fingerprint density at radius 1 is 1.44 bits per heavy atom. The summed E-state index contributed by atoms with van der Waals surface area (Å²) in [5, 5.41) is 0. The summed E-state index contributed by atoms with van der Waals surface area (Å²) in [5.74, 6) is 0.677. The molecule has 2 aromatic rings. The molecule has 0 radical (unpaired) electrons. The second-order valence-corrected chi connectivity index (χ2v) is 5.90. The molecule has 0 atom stereocenters. The molecule has 3 rings (SSSR count). The van der Waals surface area contributed by atoms with Crippen LogP contribution in [0.3, 0.4) is 0 Å². The van der Waals surface area contributed by atoms with E-state index in [1.807, 2.05) is 17.8 Å². The number of alkyl halides is 2. The van der Waals surface area contributed by atoms with E-state index in [1.165, 1.54) is 18.2 Å².